The number of thiophene rings is 1. The predicted octanol–water partition coefficient (Wildman–Crippen LogP) is 3.70. The molecule has 1 spiro atoms. The second kappa shape index (κ2) is 7.72. The Hall–Kier alpha value is -1.11. The molecule has 1 aliphatic carbocycles. The number of fused-ring (bicyclic) bond motifs is 2. The number of hydrogen-bond donors (Lipinski definition) is 1. The number of carbonyl (C=O) groups is 1. The number of rotatable bonds is 4. The first-order valence-electron chi connectivity index (χ1n) is 10.4. The Morgan fingerprint density at radius 1 is 1.48 bits per heavy atom. The summed E-state index contributed by atoms with van der Waals surface area (Å²) in [6.07, 6.45) is 6.22. The third-order valence-electron chi connectivity index (χ3n) is 6.69. The third kappa shape index (κ3) is 3.76. The fourth-order valence-corrected chi connectivity index (χ4v) is 6.28. The lowest BCUT2D eigenvalue weighted by Gasteiger charge is -2.49. The Kier molecular flexibility index (Phi) is 5.50. The van der Waals surface area contributed by atoms with Crippen molar-refractivity contribution in [2.45, 2.75) is 70.1 Å². The lowest BCUT2D eigenvalue weighted by molar-refractivity contribution is -0.114. The average molecular weight is 393 g/mol. The summed E-state index contributed by atoms with van der Waals surface area (Å²) in [4.78, 5) is 17.0. The maximum Gasteiger partial charge on any atom is 0.407 e. The molecular formula is C21H32N2O3S. The second-order valence-electron chi connectivity index (χ2n) is 8.46. The van der Waals surface area contributed by atoms with E-state index in [4.69, 9.17) is 4.74 Å². The largest absolute Gasteiger partial charge is 0.453 e. The van der Waals surface area contributed by atoms with Crippen LogP contribution in [-0.2, 0) is 27.9 Å². The van der Waals surface area contributed by atoms with E-state index in [0.717, 1.165) is 58.2 Å². The number of carbonyl (C=O) groups excluding carboxylic acids is 1. The number of piperidine rings is 1. The highest BCUT2D eigenvalue weighted by atomic mass is 32.1. The molecule has 5 nitrogen and oxygen atoms in total. The molecule has 3 aliphatic rings. The van der Waals surface area contributed by atoms with Crippen LogP contribution in [-0.4, -0.2) is 49.9 Å². The maximum absolute atomic E-state index is 11.3. The van der Waals surface area contributed by atoms with E-state index in [1.807, 2.05) is 11.3 Å². The number of alkyl carbamates (subject to hydrolysis) is 1. The van der Waals surface area contributed by atoms with Crippen molar-refractivity contribution >= 4 is 17.4 Å². The fourth-order valence-electron chi connectivity index (χ4n) is 5.11. The van der Waals surface area contributed by atoms with Crippen LogP contribution in [0.3, 0.4) is 0 Å². The number of nitrogens with zero attached hydrogens (tertiary/aromatic N) is 1. The Bertz CT molecular complexity index is 685. The van der Waals surface area contributed by atoms with Crippen LogP contribution >= 0.6 is 11.3 Å². The van der Waals surface area contributed by atoms with E-state index in [2.05, 4.69) is 34.9 Å². The lowest BCUT2D eigenvalue weighted by atomic mass is 9.76. The number of ether oxygens (including phenoxy) is 2. The molecule has 27 heavy (non-hydrogen) atoms. The van der Waals surface area contributed by atoms with Crippen LogP contribution in [0, 0.1) is 5.92 Å². The Morgan fingerprint density at radius 2 is 2.30 bits per heavy atom. The highest BCUT2D eigenvalue weighted by molar-refractivity contribution is 7.12. The second-order valence-corrected chi connectivity index (χ2v) is 9.69. The minimum atomic E-state index is -0.306. The van der Waals surface area contributed by atoms with Gasteiger partial charge in [-0.2, -0.15) is 0 Å². The van der Waals surface area contributed by atoms with Gasteiger partial charge in [-0.3, -0.25) is 0 Å². The van der Waals surface area contributed by atoms with Crippen LogP contribution in [0.2, 0.25) is 0 Å². The summed E-state index contributed by atoms with van der Waals surface area (Å²) in [5.74, 6) is 0.680. The molecule has 2 atom stereocenters. The maximum atomic E-state index is 11.3. The Balaban J connectivity index is 1.34. The van der Waals surface area contributed by atoms with Crippen LogP contribution in [0.15, 0.2) is 6.07 Å². The molecule has 3 heterocycles. The Morgan fingerprint density at radius 3 is 3.00 bits per heavy atom. The molecule has 1 aromatic heterocycles. The molecule has 0 bridgehead atoms. The minimum Gasteiger partial charge on any atom is -0.453 e. The van der Waals surface area contributed by atoms with Crippen molar-refractivity contribution in [3.8, 4) is 0 Å². The first kappa shape index (κ1) is 19.2. The van der Waals surface area contributed by atoms with E-state index in [-0.39, 0.29) is 17.7 Å². The van der Waals surface area contributed by atoms with Gasteiger partial charge < -0.3 is 19.7 Å². The number of likely N-dealkylation sites (tertiary alicyclic amines) is 1. The highest BCUT2D eigenvalue weighted by Gasteiger charge is 2.45. The molecule has 1 N–H and O–H groups in total. The summed E-state index contributed by atoms with van der Waals surface area (Å²) in [5, 5.41) is 2.91. The van der Waals surface area contributed by atoms with Crippen molar-refractivity contribution in [3.05, 3.63) is 21.4 Å². The van der Waals surface area contributed by atoms with E-state index < -0.39 is 0 Å². The predicted molar refractivity (Wildman–Crippen MR) is 107 cm³/mol. The van der Waals surface area contributed by atoms with Crippen molar-refractivity contribution in [1.29, 1.82) is 0 Å². The summed E-state index contributed by atoms with van der Waals surface area (Å²) < 4.78 is 11.1. The summed E-state index contributed by atoms with van der Waals surface area (Å²) in [6, 6.07) is 3.25. The van der Waals surface area contributed by atoms with Gasteiger partial charge in [0.2, 0.25) is 0 Å². The monoisotopic (exact) mass is 392 g/mol. The zero-order valence-corrected chi connectivity index (χ0v) is 17.6. The van der Waals surface area contributed by atoms with Gasteiger partial charge >= 0.3 is 6.09 Å². The molecule has 1 saturated carbocycles. The number of aryl methyl sites for hydroxylation is 1. The van der Waals surface area contributed by atoms with Gasteiger partial charge in [-0.1, -0.05) is 6.92 Å². The molecule has 1 aromatic rings. The molecule has 1 saturated heterocycles. The number of hydrogen-bond acceptors (Lipinski definition) is 5. The molecule has 2 aliphatic heterocycles. The molecule has 150 valence electrons. The van der Waals surface area contributed by atoms with Gasteiger partial charge in [0.05, 0.1) is 19.3 Å². The van der Waals surface area contributed by atoms with Crippen LogP contribution in [0.1, 0.15) is 54.8 Å². The molecule has 6 heteroatoms. The van der Waals surface area contributed by atoms with E-state index in [1.54, 1.807) is 4.88 Å². The SMILES string of the molecule is CCc1cc2c(s1)CCO[C@@]21CCN(CC2CC(NC(=O)OC)C2)[C@@H](C)C1. The number of amides is 1. The topological polar surface area (TPSA) is 50.8 Å². The smallest absolute Gasteiger partial charge is 0.407 e. The van der Waals surface area contributed by atoms with Crippen LogP contribution < -0.4 is 5.32 Å². The highest BCUT2D eigenvalue weighted by Crippen LogP contribution is 2.46. The average Bonchev–Trinajstić information content (AvgIpc) is 3.07. The van der Waals surface area contributed by atoms with Gasteiger partial charge in [0.25, 0.3) is 0 Å². The van der Waals surface area contributed by atoms with Crippen LogP contribution in [0.5, 0.6) is 0 Å². The van der Waals surface area contributed by atoms with E-state index in [9.17, 15) is 4.79 Å². The summed E-state index contributed by atoms with van der Waals surface area (Å²) in [5.41, 5.74) is 1.44. The Labute approximate surface area is 166 Å². The van der Waals surface area contributed by atoms with E-state index in [0.29, 0.717) is 12.0 Å². The molecule has 0 aromatic carbocycles. The van der Waals surface area contributed by atoms with Crippen molar-refractivity contribution in [3.63, 3.8) is 0 Å². The zero-order chi connectivity index (χ0) is 19.0. The van der Waals surface area contributed by atoms with Gasteiger partial charge in [-0.15, -0.1) is 11.3 Å². The molecular weight excluding hydrogens is 360 g/mol. The summed E-state index contributed by atoms with van der Waals surface area (Å²) >= 11 is 2.00. The molecule has 1 amide bonds. The van der Waals surface area contributed by atoms with Crippen molar-refractivity contribution in [2.75, 3.05) is 26.8 Å². The summed E-state index contributed by atoms with van der Waals surface area (Å²) in [6.45, 7) is 7.70. The van der Waals surface area contributed by atoms with Gasteiger partial charge in [-0.25, -0.2) is 4.79 Å². The minimum absolute atomic E-state index is 0.0536. The third-order valence-corrected chi connectivity index (χ3v) is 8.03. The standard InChI is InChI=1S/C21H32N2O3S/c1-4-17-11-18-19(27-17)5-8-26-21(18)6-7-23(14(2)12-21)13-15-9-16(10-15)22-20(24)25-3/h11,14-16H,4-10,12-13H2,1-3H3,(H,22,24)/t14-,15?,16?,21+/m0/s1. The zero-order valence-electron chi connectivity index (χ0n) is 16.8. The van der Waals surface area contributed by atoms with Crippen LogP contribution in [0.4, 0.5) is 4.79 Å². The normalized spacial score (nSPS) is 33.4. The number of nitrogens with one attached hydrogen (secondary N) is 1. The van der Waals surface area contributed by atoms with Gasteiger partial charge in [0, 0.05) is 41.3 Å². The van der Waals surface area contributed by atoms with E-state index in [1.165, 1.54) is 17.6 Å². The lowest BCUT2D eigenvalue weighted by Crippen LogP contribution is -2.54. The molecule has 2 fully saturated rings. The van der Waals surface area contributed by atoms with Gasteiger partial charge in [0.1, 0.15) is 0 Å². The first-order chi connectivity index (χ1) is 13.0. The molecule has 0 unspecified atom stereocenters. The summed E-state index contributed by atoms with van der Waals surface area (Å²) in [7, 11) is 1.42. The number of methoxy groups -OCH3 is 1. The van der Waals surface area contributed by atoms with E-state index >= 15 is 0 Å². The first-order valence-corrected chi connectivity index (χ1v) is 11.2. The van der Waals surface area contributed by atoms with Crippen molar-refractivity contribution in [2.24, 2.45) is 5.92 Å². The molecule has 0 radical (unpaired) electrons. The fraction of sp³-hybridized carbons (Fsp3) is 0.762. The quantitative estimate of drug-likeness (QED) is 0.849. The van der Waals surface area contributed by atoms with Gasteiger partial charge in [0.15, 0.2) is 0 Å². The van der Waals surface area contributed by atoms with Crippen molar-refractivity contribution < 1.29 is 14.3 Å². The molecule has 4 rings (SSSR count). The van der Waals surface area contributed by atoms with Gasteiger partial charge in [-0.05, 0) is 56.6 Å². The van der Waals surface area contributed by atoms with Crippen molar-refractivity contribution in [1.82, 2.24) is 10.2 Å². The van der Waals surface area contributed by atoms with Crippen LogP contribution in [0.25, 0.3) is 0 Å².